The van der Waals surface area contributed by atoms with E-state index in [1.807, 2.05) is 37.3 Å². The lowest BCUT2D eigenvalue weighted by Crippen LogP contribution is -2.12. The van der Waals surface area contributed by atoms with E-state index >= 15 is 0 Å². The summed E-state index contributed by atoms with van der Waals surface area (Å²) in [5, 5.41) is 4.39. The van der Waals surface area contributed by atoms with Crippen molar-refractivity contribution in [1.29, 1.82) is 0 Å². The second kappa shape index (κ2) is 9.94. The molecule has 0 unspecified atom stereocenters. The first kappa shape index (κ1) is 22.1. The van der Waals surface area contributed by atoms with Crippen molar-refractivity contribution in [3.05, 3.63) is 80.7 Å². The van der Waals surface area contributed by atoms with Crippen LogP contribution in [-0.2, 0) is 9.53 Å². The molecular formula is C23H19Cl2NO3S. The predicted molar refractivity (Wildman–Crippen MR) is 125 cm³/mol. The molecule has 1 heterocycles. The summed E-state index contributed by atoms with van der Waals surface area (Å²) in [6.07, 6.45) is 3.01. The predicted octanol–water partition coefficient (Wildman–Crippen LogP) is 6.86. The molecule has 1 aromatic heterocycles. The fourth-order valence-electron chi connectivity index (χ4n) is 2.92. The Hall–Kier alpha value is -2.60. The highest BCUT2D eigenvalue weighted by Gasteiger charge is 2.25. The molecule has 0 radical (unpaired) electrons. The molecule has 0 aliphatic heterocycles. The average Bonchev–Trinajstić information content (AvgIpc) is 3.04. The van der Waals surface area contributed by atoms with Crippen molar-refractivity contribution in [1.82, 2.24) is 0 Å². The van der Waals surface area contributed by atoms with Gasteiger partial charge in [-0.05, 0) is 49.2 Å². The van der Waals surface area contributed by atoms with E-state index in [1.165, 1.54) is 17.4 Å². The fourth-order valence-corrected chi connectivity index (χ4v) is 4.32. The average molecular weight is 460 g/mol. The monoisotopic (exact) mass is 459 g/mol. The molecule has 2 aromatic carbocycles. The summed E-state index contributed by atoms with van der Waals surface area (Å²) in [4.78, 5) is 26.1. The zero-order valence-electron chi connectivity index (χ0n) is 16.4. The first-order valence-corrected chi connectivity index (χ1v) is 10.8. The normalized spacial score (nSPS) is 10.9. The lowest BCUT2D eigenvalue weighted by atomic mass is 10.0. The van der Waals surface area contributed by atoms with Gasteiger partial charge in [-0.1, -0.05) is 53.5 Å². The second-order valence-corrected chi connectivity index (χ2v) is 8.38. The molecule has 0 saturated heterocycles. The van der Waals surface area contributed by atoms with Gasteiger partial charge in [0.25, 0.3) is 0 Å². The number of esters is 1. The molecule has 0 bridgehead atoms. The van der Waals surface area contributed by atoms with Crippen LogP contribution in [-0.4, -0.2) is 18.5 Å². The summed E-state index contributed by atoms with van der Waals surface area (Å²) in [6, 6.07) is 14.4. The summed E-state index contributed by atoms with van der Waals surface area (Å²) < 4.78 is 5.25. The Balaban J connectivity index is 1.95. The minimum atomic E-state index is -0.489. The van der Waals surface area contributed by atoms with E-state index in [2.05, 4.69) is 5.32 Å². The van der Waals surface area contributed by atoms with Gasteiger partial charge in [0, 0.05) is 26.6 Å². The number of thiophene rings is 1. The molecular weight excluding hydrogens is 441 g/mol. The van der Waals surface area contributed by atoms with E-state index in [-0.39, 0.29) is 12.5 Å². The minimum Gasteiger partial charge on any atom is -0.462 e. The Bertz CT molecular complexity index is 1100. The van der Waals surface area contributed by atoms with Crippen LogP contribution in [0.25, 0.3) is 17.2 Å². The maximum Gasteiger partial charge on any atom is 0.341 e. The van der Waals surface area contributed by atoms with Gasteiger partial charge in [0.1, 0.15) is 10.6 Å². The van der Waals surface area contributed by atoms with Gasteiger partial charge >= 0.3 is 5.97 Å². The van der Waals surface area contributed by atoms with Crippen LogP contribution >= 0.6 is 34.5 Å². The summed E-state index contributed by atoms with van der Waals surface area (Å²) in [5.74, 6) is -0.860. The summed E-state index contributed by atoms with van der Waals surface area (Å²) >= 11 is 13.4. The molecule has 0 atom stereocenters. The van der Waals surface area contributed by atoms with Gasteiger partial charge in [0.05, 0.1) is 6.61 Å². The number of hydrogen-bond donors (Lipinski definition) is 1. The highest BCUT2D eigenvalue weighted by molar-refractivity contribution is 7.17. The van der Waals surface area contributed by atoms with Crippen molar-refractivity contribution in [2.75, 3.05) is 11.9 Å². The summed E-state index contributed by atoms with van der Waals surface area (Å²) in [7, 11) is 0. The fraction of sp³-hybridized carbons (Fsp3) is 0.130. The number of aryl methyl sites for hydroxylation is 1. The van der Waals surface area contributed by atoms with Crippen LogP contribution in [0.1, 0.15) is 27.7 Å². The number of hydrogen-bond acceptors (Lipinski definition) is 4. The minimum absolute atomic E-state index is 0.230. The van der Waals surface area contributed by atoms with E-state index < -0.39 is 5.97 Å². The van der Waals surface area contributed by atoms with Gasteiger partial charge in [-0.2, -0.15) is 0 Å². The van der Waals surface area contributed by atoms with Crippen LogP contribution in [0.4, 0.5) is 5.00 Å². The molecule has 3 rings (SSSR count). The van der Waals surface area contributed by atoms with Crippen LogP contribution in [0.5, 0.6) is 0 Å². The number of amides is 1. The topological polar surface area (TPSA) is 55.4 Å². The Labute approximate surface area is 189 Å². The van der Waals surface area contributed by atoms with Gasteiger partial charge in [0.15, 0.2) is 0 Å². The lowest BCUT2D eigenvalue weighted by molar-refractivity contribution is -0.111. The highest BCUT2D eigenvalue weighted by atomic mass is 35.5. The SMILES string of the molecule is CCOC(=O)c1c(NC(=O)C=Cc2ccccc2Cl)sc(C)c1-c1ccc(Cl)cc1. The summed E-state index contributed by atoms with van der Waals surface area (Å²) in [5.41, 5.74) is 2.61. The smallest absolute Gasteiger partial charge is 0.341 e. The molecule has 30 heavy (non-hydrogen) atoms. The molecule has 0 aliphatic carbocycles. The first-order valence-electron chi connectivity index (χ1n) is 9.20. The van der Waals surface area contributed by atoms with Crippen LogP contribution in [0.3, 0.4) is 0 Å². The molecule has 1 N–H and O–H groups in total. The van der Waals surface area contributed by atoms with E-state index in [4.69, 9.17) is 27.9 Å². The molecule has 7 heteroatoms. The van der Waals surface area contributed by atoms with Crippen molar-refractivity contribution in [3.8, 4) is 11.1 Å². The van der Waals surface area contributed by atoms with Gasteiger partial charge in [-0.15, -0.1) is 11.3 Å². The largest absolute Gasteiger partial charge is 0.462 e. The molecule has 4 nitrogen and oxygen atoms in total. The zero-order valence-corrected chi connectivity index (χ0v) is 18.7. The third-order valence-electron chi connectivity index (χ3n) is 4.25. The van der Waals surface area contributed by atoms with E-state index in [0.717, 1.165) is 21.6 Å². The van der Waals surface area contributed by atoms with Crippen molar-refractivity contribution in [2.45, 2.75) is 13.8 Å². The quantitative estimate of drug-likeness (QED) is 0.323. The van der Waals surface area contributed by atoms with E-state index in [9.17, 15) is 9.59 Å². The molecule has 1 amide bonds. The first-order chi connectivity index (χ1) is 14.4. The Kier molecular flexibility index (Phi) is 7.32. The zero-order chi connectivity index (χ0) is 21.7. The number of anilines is 1. The summed E-state index contributed by atoms with van der Waals surface area (Å²) in [6.45, 7) is 3.86. The van der Waals surface area contributed by atoms with Crippen molar-refractivity contribution >= 4 is 57.5 Å². The van der Waals surface area contributed by atoms with Gasteiger partial charge in [-0.25, -0.2) is 4.79 Å². The van der Waals surface area contributed by atoms with Crippen molar-refractivity contribution < 1.29 is 14.3 Å². The van der Waals surface area contributed by atoms with Crippen LogP contribution in [0.15, 0.2) is 54.6 Å². The number of carbonyl (C=O) groups is 2. The van der Waals surface area contributed by atoms with Gasteiger partial charge in [0.2, 0.25) is 5.91 Å². The number of rotatable bonds is 6. The maximum atomic E-state index is 12.7. The van der Waals surface area contributed by atoms with Crippen LogP contribution in [0.2, 0.25) is 10.0 Å². The van der Waals surface area contributed by atoms with Gasteiger partial charge < -0.3 is 10.1 Å². The molecule has 0 saturated carbocycles. The molecule has 0 aliphatic rings. The molecule has 0 spiro atoms. The molecule has 154 valence electrons. The van der Waals surface area contributed by atoms with E-state index in [1.54, 1.807) is 31.2 Å². The third-order valence-corrected chi connectivity index (χ3v) is 5.87. The van der Waals surface area contributed by atoms with Crippen molar-refractivity contribution in [3.63, 3.8) is 0 Å². The highest BCUT2D eigenvalue weighted by Crippen LogP contribution is 2.40. The lowest BCUT2D eigenvalue weighted by Gasteiger charge is -2.08. The van der Waals surface area contributed by atoms with Crippen molar-refractivity contribution in [2.24, 2.45) is 0 Å². The maximum absolute atomic E-state index is 12.7. The van der Waals surface area contributed by atoms with E-state index in [0.29, 0.717) is 20.6 Å². The number of halogens is 2. The third kappa shape index (κ3) is 5.11. The number of benzene rings is 2. The molecule has 0 fully saturated rings. The van der Waals surface area contributed by atoms with Crippen LogP contribution in [0, 0.1) is 6.92 Å². The number of ether oxygens (including phenoxy) is 1. The van der Waals surface area contributed by atoms with Gasteiger partial charge in [-0.3, -0.25) is 4.79 Å². The number of nitrogens with one attached hydrogen (secondary N) is 1. The number of carbonyl (C=O) groups excluding carboxylic acids is 2. The molecule has 3 aromatic rings. The Morgan fingerprint density at radius 1 is 1.10 bits per heavy atom. The second-order valence-electron chi connectivity index (χ2n) is 6.31. The standard InChI is InChI=1S/C23H19Cl2NO3S/c1-3-29-23(28)21-20(16-8-11-17(24)12-9-16)14(2)30-22(21)26-19(27)13-10-15-6-4-5-7-18(15)25/h4-13H,3H2,1-2H3,(H,26,27). The Morgan fingerprint density at radius 2 is 1.80 bits per heavy atom. The van der Waals surface area contributed by atoms with Crippen LogP contribution < -0.4 is 5.32 Å². The Morgan fingerprint density at radius 3 is 2.47 bits per heavy atom.